The maximum atomic E-state index is 12.3. The third-order valence-electron chi connectivity index (χ3n) is 4.00. The number of halogens is 2. The van der Waals surface area contributed by atoms with Crippen molar-refractivity contribution in [2.24, 2.45) is 5.73 Å². The average molecular weight is 355 g/mol. The maximum Gasteiger partial charge on any atom is 0.272 e. The van der Waals surface area contributed by atoms with Gasteiger partial charge in [-0.15, -0.1) is 12.4 Å². The summed E-state index contributed by atoms with van der Waals surface area (Å²) in [5.41, 5.74) is 7.12. The molecule has 0 aliphatic heterocycles. The van der Waals surface area contributed by atoms with Crippen LogP contribution in [0.2, 0.25) is 5.02 Å². The Morgan fingerprint density at radius 3 is 2.70 bits per heavy atom. The Hall–Kier alpha value is -1.56. The van der Waals surface area contributed by atoms with Crippen molar-refractivity contribution in [3.05, 3.63) is 47.2 Å². The van der Waals surface area contributed by atoms with Crippen LogP contribution in [0.1, 0.15) is 36.2 Å². The van der Waals surface area contributed by atoms with Gasteiger partial charge in [-0.05, 0) is 49.9 Å². The van der Waals surface area contributed by atoms with Gasteiger partial charge in [-0.25, -0.2) is 4.68 Å². The van der Waals surface area contributed by atoms with E-state index in [0.717, 1.165) is 31.4 Å². The normalized spacial score (nSPS) is 20.6. The van der Waals surface area contributed by atoms with Crippen LogP contribution in [0.4, 0.5) is 0 Å². The highest BCUT2D eigenvalue weighted by Crippen LogP contribution is 2.18. The molecular formula is C16H20Cl2N4O. The fraction of sp³-hybridized carbons (Fsp3) is 0.375. The lowest BCUT2D eigenvalue weighted by Gasteiger charge is -2.26. The molecule has 0 unspecified atom stereocenters. The molecule has 23 heavy (non-hydrogen) atoms. The van der Waals surface area contributed by atoms with Crippen molar-refractivity contribution in [2.75, 3.05) is 0 Å². The third-order valence-corrected chi connectivity index (χ3v) is 4.24. The van der Waals surface area contributed by atoms with E-state index in [-0.39, 0.29) is 30.4 Å². The second-order valence-corrected chi connectivity index (χ2v) is 6.15. The van der Waals surface area contributed by atoms with Crippen molar-refractivity contribution in [1.29, 1.82) is 0 Å². The van der Waals surface area contributed by atoms with Crippen molar-refractivity contribution < 1.29 is 4.79 Å². The van der Waals surface area contributed by atoms with Gasteiger partial charge in [0, 0.05) is 23.3 Å². The van der Waals surface area contributed by atoms with Crippen molar-refractivity contribution in [2.45, 2.75) is 37.8 Å². The molecule has 124 valence electrons. The molecule has 1 aliphatic rings. The summed E-state index contributed by atoms with van der Waals surface area (Å²) in [6.07, 6.45) is 5.55. The second-order valence-electron chi connectivity index (χ2n) is 5.71. The fourth-order valence-electron chi connectivity index (χ4n) is 2.73. The van der Waals surface area contributed by atoms with Crippen LogP contribution in [0, 0.1) is 0 Å². The summed E-state index contributed by atoms with van der Waals surface area (Å²) in [6.45, 7) is 0. The second kappa shape index (κ2) is 7.81. The van der Waals surface area contributed by atoms with E-state index < -0.39 is 0 Å². The Morgan fingerprint density at radius 1 is 1.26 bits per heavy atom. The summed E-state index contributed by atoms with van der Waals surface area (Å²) in [5, 5.41) is 8.00. The summed E-state index contributed by atoms with van der Waals surface area (Å²) in [5.74, 6) is -0.138. The first-order valence-electron chi connectivity index (χ1n) is 7.50. The van der Waals surface area contributed by atoms with E-state index >= 15 is 0 Å². The summed E-state index contributed by atoms with van der Waals surface area (Å²) in [4.78, 5) is 12.3. The number of amides is 1. The number of hydrogen-bond acceptors (Lipinski definition) is 3. The van der Waals surface area contributed by atoms with E-state index in [4.69, 9.17) is 17.3 Å². The van der Waals surface area contributed by atoms with Crippen molar-refractivity contribution in [3.8, 4) is 5.69 Å². The van der Waals surface area contributed by atoms with Crippen molar-refractivity contribution in [1.82, 2.24) is 15.1 Å². The highest BCUT2D eigenvalue weighted by atomic mass is 35.5. The van der Waals surface area contributed by atoms with Crippen LogP contribution < -0.4 is 11.1 Å². The van der Waals surface area contributed by atoms with E-state index in [1.807, 2.05) is 12.1 Å². The predicted molar refractivity (Wildman–Crippen MR) is 93.5 cm³/mol. The average Bonchev–Trinajstić information content (AvgIpc) is 3.00. The van der Waals surface area contributed by atoms with Gasteiger partial charge in [0.1, 0.15) is 0 Å². The molecule has 7 heteroatoms. The number of nitrogens with two attached hydrogens (primary N) is 1. The van der Waals surface area contributed by atoms with Crippen LogP contribution in [0.15, 0.2) is 36.5 Å². The van der Waals surface area contributed by atoms with Crippen molar-refractivity contribution in [3.63, 3.8) is 0 Å². The molecular weight excluding hydrogens is 335 g/mol. The molecule has 5 nitrogen and oxygen atoms in total. The maximum absolute atomic E-state index is 12.3. The molecule has 0 bridgehead atoms. The van der Waals surface area contributed by atoms with Gasteiger partial charge in [-0.3, -0.25) is 4.79 Å². The predicted octanol–water partition coefficient (Wildman–Crippen LogP) is 2.95. The van der Waals surface area contributed by atoms with E-state index in [2.05, 4.69) is 10.4 Å². The number of carbonyl (C=O) groups is 1. The number of carbonyl (C=O) groups excluding carboxylic acids is 1. The minimum Gasteiger partial charge on any atom is -0.348 e. The minimum absolute atomic E-state index is 0. The number of nitrogens with one attached hydrogen (secondary N) is 1. The summed E-state index contributed by atoms with van der Waals surface area (Å²) in [7, 11) is 0. The Morgan fingerprint density at radius 2 is 2.00 bits per heavy atom. The summed E-state index contributed by atoms with van der Waals surface area (Å²) < 4.78 is 1.65. The molecule has 0 atom stereocenters. The molecule has 1 amide bonds. The molecule has 0 saturated heterocycles. The quantitative estimate of drug-likeness (QED) is 0.889. The molecule has 1 aromatic heterocycles. The van der Waals surface area contributed by atoms with Crippen molar-refractivity contribution >= 4 is 29.9 Å². The molecule has 1 aliphatic carbocycles. The van der Waals surface area contributed by atoms with Gasteiger partial charge in [0.2, 0.25) is 0 Å². The molecule has 1 fully saturated rings. The molecule has 3 rings (SSSR count). The molecule has 3 N–H and O–H groups in total. The van der Waals surface area contributed by atoms with Gasteiger partial charge in [-0.1, -0.05) is 17.7 Å². The monoisotopic (exact) mass is 354 g/mol. The minimum atomic E-state index is -0.138. The number of nitrogens with zero attached hydrogens (tertiary/aromatic N) is 2. The van der Waals surface area contributed by atoms with Crippen LogP contribution in [0.25, 0.3) is 5.69 Å². The Bertz CT molecular complexity index is 666. The van der Waals surface area contributed by atoms with Crippen LogP contribution in [0.5, 0.6) is 0 Å². The first kappa shape index (κ1) is 17.8. The molecule has 1 aromatic carbocycles. The lowest BCUT2D eigenvalue weighted by atomic mass is 9.92. The van der Waals surface area contributed by atoms with E-state index in [0.29, 0.717) is 10.7 Å². The number of hydrogen-bond donors (Lipinski definition) is 2. The smallest absolute Gasteiger partial charge is 0.272 e. The number of benzene rings is 1. The zero-order chi connectivity index (χ0) is 15.5. The van der Waals surface area contributed by atoms with Crippen LogP contribution >= 0.6 is 24.0 Å². The van der Waals surface area contributed by atoms with Gasteiger partial charge in [0.15, 0.2) is 5.69 Å². The highest BCUT2D eigenvalue weighted by Gasteiger charge is 2.21. The zero-order valence-corrected chi connectivity index (χ0v) is 14.2. The van der Waals surface area contributed by atoms with E-state index in [1.165, 1.54) is 0 Å². The van der Waals surface area contributed by atoms with Crippen LogP contribution in [-0.2, 0) is 0 Å². The van der Waals surface area contributed by atoms with Crippen LogP contribution in [-0.4, -0.2) is 27.8 Å². The standard InChI is InChI=1S/C16H19ClN4O.ClH/c17-11-2-1-3-14(10-11)21-9-8-15(20-21)16(22)19-13-6-4-12(18)5-7-13;/h1-3,8-10,12-13H,4-7,18H2,(H,19,22);1H. The van der Waals surface area contributed by atoms with Crippen LogP contribution in [0.3, 0.4) is 0 Å². The van der Waals surface area contributed by atoms with Gasteiger partial charge >= 0.3 is 0 Å². The van der Waals surface area contributed by atoms with E-state index in [1.54, 1.807) is 29.1 Å². The lowest BCUT2D eigenvalue weighted by Crippen LogP contribution is -2.40. The summed E-state index contributed by atoms with van der Waals surface area (Å²) in [6, 6.07) is 9.53. The Labute approximate surface area is 146 Å². The van der Waals surface area contributed by atoms with Gasteiger partial charge in [-0.2, -0.15) is 5.10 Å². The SMILES string of the molecule is Cl.NC1CCC(NC(=O)c2ccn(-c3cccc(Cl)c3)n2)CC1. The Balaban J connectivity index is 0.00000192. The largest absolute Gasteiger partial charge is 0.348 e. The highest BCUT2D eigenvalue weighted by molar-refractivity contribution is 6.30. The molecule has 0 spiro atoms. The van der Waals surface area contributed by atoms with Gasteiger partial charge in [0.25, 0.3) is 5.91 Å². The first-order valence-corrected chi connectivity index (χ1v) is 7.87. The third kappa shape index (κ3) is 4.47. The van der Waals surface area contributed by atoms with Gasteiger partial charge in [0.05, 0.1) is 5.69 Å². The Kier molecular flexibility index (Phi) is 6.04. The summed E-state index contributed by atoms with van der Waals surface area (Å²) >= 11 is 5.97. The van der Waals surface area contributed by atoms with E-state index in [9.17, 15) is 4.79 Å². The number of aromatic nitrogens is 2. The lowest BCUT2D eigenvalue weighted by molar-refractivity contribution is 0.0920. The first-order chi connectivity index (χ1) is 10.6. The number of rotatable bonds is 3. The van der Waals surface area contributed by atoms with Gasteiger partial charge < -0.3 is 11.1 Å². The molecule has 1 saturated carbocycles. The fourth-order valence-corrected chi connectivity index (χ4v) is 2.91. The molecule has 0 radical (unpaired) electrons. The molecule has 1 heterocycles. The molecule has 2 aromatic rings. The zero-order valence-electron chi connectivity index (χ0n) is 12.6. The topological polar surface area (TPSA) is 72.9 Å².